The number of benzene rings is 2. The summed E-state index contributed by atoms with van der Waals surface area (Å²) in [6, 6.07) is 13.7. The lowest BCUT2D eigenvalue weighted by molar-refractivity contribution is 0.248. The first-order chi connectivity index (χ1) is 11.6. The van der Waals surface area contributed by atoms with Crippen molar-refractivity contribution in [3.8, 4) is 5.75 Å². The van der Waals surface area contributed by atoms with Crippen LogP contribution in [0.2, 0.25) is 0 Å². The lowest BCUT2D eigenvalue weighted by atomic mass is 9.71. The molecule has 4 heteroatoms. The summed E-state index contributed by atoms with van der Waals surface area (Å²) >= 11 is 0. The van der Waals surface area contributed by atoms with Gasteiger partial charge >= 0.3 is 0 Å². The van der Waals surface area contributed by atoms with E-state index in [2.05, 4.69) is 59.0 Å². The minimum absolute atomic E-state index is 0. The molecule has 2 aromatic rings. The summed E-state index contributed by atoms with van der Waals surface area (Å²) in [5.41, 5.74) is 3.94. The molecular formula is C22H32ClNO2. The zero-order valence-electron chi connectivity index (χ0n) is 16.6. The number of aliphatic hydroxyl groups is 1. The Bertz CT molecular complexity index is 715. The number of halogens is 1. The summed E-state index contributed by atoms with van der Waals surface area (Å²) in [5.74, 6) is 0.331. The summed E-state index contributed by atoms with van der Waals surface area (Å²) in [6.07, 6.45) is 0. The molecular weight excluding hydrogens is 346 g/mol. The summed E-state index contributed by atoms with van der Waals surface area (Å²) in [6.45, 7) is 12.8. The molecule has 0 saturated carbocycles. The summed E-state index contributed by atoms with van der Waals surface area (Å²) in [4.78, 5) is 0. The monoisotopic (exact) mass is 377 g/mol. The SMILES string of the molecule is CC(C)(C)c1c(O)ccc(C(NCO)c2ccccc2)c1C(C)(C)C.Cl. The van der Waals surface area contributed by atoms with Crippen molar-refractivity contribution in [2.75, 3.05) is 6.73 Å². The molecule has 0 heterocycles. The van der Waals surface area contributed by atoms with E-state index in [1.807, 2.05) is 24.3 Å². The lowest BCUT2D eigenvalue weighted by Crippen LogP contribution is -2.30. The summed E-state index contributed by atoms with van der Waals surface area (Å²) in [7, 11) is 0. The van der Waals surface area contributed by atoms with Gasteiger partial charge in [-0.3, -0.25) is 5.32 Å². The molecule has 2 rings (SSSR count). The van der Waals surface area contributed by atoms with Crippen molar-refractivity contribution in [2.45, 2.75) is 58.4 Å². The van der Waals surface area contributed by atoms with Gasteiger partial charge < -0.3 is 10.2 Å². The van der Waals surface area contributed by atoms with E-state index >= 15 is 0 Å². The first kappa shape index (κ1) is 22.5. The highest BCUT2D eigenvalue weighted by Crippen LogP contribution is 2.43. The van der Waals surface area contributed by atoms with E-state index in [1.54, 1.807) is 6.07 Å². The fourth-order valence-electron chi connectivity index (χ4n) is 3.56. The van der Waals surface area contributed by atoms with Gasteiger partial charge in [-0.25, -0.2) is 0 Å². The number of rotatable bonds is 4. The first-order valence-corrected chi connectivity index (χ1v) is 8.83. The average Bonchev–Trinajstić information content (AvgIpc) is 2.51. The van der Waals surface area contributed by atoms with E-state index < -0.39 is 0 Å². The molecule has 0 radical (unpaired) electrons. The number of aliphatic hydroxyl groups excluding tert-OH is 1. The van der Waals surface area contributed by atoms with Crippen LogP contribution in [-0.4, -0.2) is 16.9 Å². The van der Waals surface area contributed by atoms with Crippen molar-refractivity contribution in [3.05, 3.63) is 64.7 Å². The molecule has 0 aliphatic heterocycles. The molecule has 1 atom stereocenters. The first-order valence-electron chi connectivity index (χ1n) is 8.83. The predicted octanol–water partition coefficient (Wildman–Crippen LogP) is 5.04. The smallest absolute Gasteiger partial charge is 0.119 e. The molecule has 0 spiro atoms. The van der Waals surface area contributed by atoms with Crippen molar-refractivity contribution in [1.82, 2.24) is 5.32 Å². The van der Waals surface area contributed by atoms with Crippen LogP contribution in [0.4, 0.5) is 0 Å². The maximum absolute atomic E-state index is 10.6. The van der Waals surface area contributed by atoms with Gasteiger partial charge in [-0.2, -0.15) is 0 Å². The van der Waals surface area contributed by atoms with Crippen LogP contribution in [0.5, 0.6) is 5.75 Å². The van der Waals surface area contributed by atoms with Gasteiger partial charge in [-0.05, 0) is 33.6 Å². The number of aromatic hydroxyl groups is 1. The van der Waals surface area contributed by atoms with Gasteiger partial charge in [-0.1, -0.05) is 77.9 Å². The molecule has 2 aromatic carbocycles. The molecule has 3 nitrogen and oxygen atoms in total. The highest BCUT2D eigenvalue weighted by molar-refractivity contribution is 5.85. The standard InChI is InChI=1S/C22H31NO2.ClH/c1-21(2,3)18-16(12-13-17(25)19(18)22(4,5)6)20(23-14-24)15-10-8-7-9-11-15;/h7-13,20,23-25H,14H2,1-6H3;1H. The van der Waals surface area contributed by atoms with E-state index in [0.29, 0.717) is 5.75 Å². The topological polar surface area (TPSA) is 52.5 Å². The Morgan fingerprint density at radius 1 is 0.846 bits per heavy atom. The van der Waals surface area contributed by atoms with Crippen molar-refractivity contribution in [2.24, 2.45) is 0 Å². The minimum Gasteiger partial charge on any atom is -0.508 e. The van der Waals surface area contributed by atoms with Crippen molar-refractivity contribution >= 4 is 12.4 Å². The summed E-state index contributed by atoms with van der Waals surface area (Å²) in [5, 5.41) is 23.4. The highest BCUT2D eigenvalue weighted by Gasteiger charge is 2.32. The molecule has 0 aliphatic rings. The molecule has 0 bridgehead atoms. The van der Waals surface area contributed by atoms with Gasteiger partial charge in [-0.15, -0.1) is 12.4 Å². The number of phenols is 1. The molecule has 1 unspecified atom stereocenters. The Labute approximate surface area is 163 Å². The Morgan fingerprint density at radius 3 is 1.85 bits per heavy atom. The maximum atomic E-state index is 10.6. The van der Waals surface area contributed by atoms with Crippen LogP contribution in [0, 0.1) is 0 Å². The van der Waals surface area contributed by atoms with E-state index in [9.17, 15) is 10.2 Å². The third kappa shape index (κ3) is 4.79. The second-order valence-corrected chi connectivity index (χ2v) is 8.63. The quantitative estimate of drug-likeness (QED) is 0.654. The van der Waals surface area contributed by atoms with Crippen molar-refractivity contribution in [1.29, 1.82) is 0 Å². The van der Waals surface area contributed by atoms with Crippen LogP contribution in [0.1, 0.15) is 69.8 Å². The van der Waals surface area contributed by atoms with E-state index in [1.165, 1.54) is 0 Å². The van der Waals surface area contributed by atoms with E-state index in [4.69, 9.17) is 0 Å². The van der Waals surface area contributed by atoms with Gasteiger partial charge in [0, 0.05) is 5.56 Å². The predicted molar refractivity (Wildman–Crippen MR) is 111 cm³/mol. The number of phenolic OH excluding ortho intramolecular Hbond substituents is 1. The van der Waals surface area contributed by atoms with Crippen LogP contribution in [0.3, 0.4) is 0 Å². The van der Waals surface area contributed by atoms with Crippen LogP contribution in [0.15, 0.2) is 42.5 Å². The molecule has 0 fully saturated rings. The summed E-state index contributed by atoms with van der Waals surface area (Å²) < 4.78 is 0. The molecule has 0 amide bonds. The molecule has 0 aliphatic carbocycles. The fourth-order valence-corrected chi connectivity index (χ4v) is 3.56. The highest BCUT2D eigenvalue weighted by atomic mass is 35.5. The zero-order chi connectivity index (χ0) is 18.8. The van der Waals surface area contributed by atoms with Gasteiger partial charge in [0.25, 0.3) is 0 Å². The number of nitrogens with one attached hydrogen (secondary N) is 1. The maximum Gasteiger partial charge on any atom is 0.119 e. The van der Waals surface area contributed by atoms with Crippen LogP contribution < -0.4 is 5.32 Å². The Hall–Kier alpha value is -1.55. The Balaban J connectivity index is 0.00000338. The van der Waals surface area contributed by atoms with E-state index in [-0.39, 0.29) is 36.0 Å². The average molecular weight is 378 g/mol. The normalized spacial score (nSPS) is 13.2. The molecule has 0 aromatic heterocycles. The van der Waals surface area contributed by atoms with Crippen LogP contribution in [-0.2, 0) is 10.8 Å². The third-order valence-electron chi connectivity index (χ3n) is 4.45. The molecule has 3 N–H and O–H groups in total. The Morgan fingerprint density at radius 2 is 1.38 bits per heavy atom. The van der Waals surface area contributed by atoms with Gasteiger partial charge in [0.05, 0.1) is 12.8 Å². The molecule has 144 valence electrons. The fraction of sp³-hybridized carbons (Fsp3) is 0.455. The van der Waals surface area contributed by atoms with Crippen molar-refractivity contribution < 1.29 is 10.2 Å². The van der Waals surface area contributed by atoms with Crippen LogP contribution in [0.25, 0.3) is 0 Å². The Kier molecular flexibility index (Phi) is 7.29. The van der Waals surface area contributed by atoms with E-state index in [0.717, 1.165) is 22.3 Å². The van der Waals surface area contributed by atoms with Gasteiger partial charge in [0.15, 0.2) is 0 Å². The minimum atomic E-state index is -0.191. The van der Waals surface area contributed by atoms with Gasteiger partial charge in [0.2, 0.25) is 0 Å². The molecule has 0 saturated heterocycles. The largest absolute Gasteiger partial charge is 0.508 e. The third-order valence-corrected chi connectivity index (χ3v) is 4.45. The van der Waals surface area contributed by atoms with Crippen molar-refractivity contribution in [3.63, 3.8) is 0 Å². The second-order valence-electron chi connectivity index (χ2n) is 8.63. The van der Waals surface area contributed by atoms with Gasteiger partial charge in [0.1, 0.15) is 5.75 Å². The lowest BCUT2D eigenvalue weighted by Gasteiger charge is -2.35. The number of hydrogen-bond donors (Lipinski definition) is 3. The number of hydrogen-bond acceptors (Lipinski definition) is 3. The van der Waals surface area contributed by atoms with Crippen LogP contribution >= 0.6 is 12.4 Å². The second kappa shape index (κ2) is 8.43. The zero-order valence-corrected chi connectivity index (χ0v) is 17.4. The molecule has 26 heavy (non-hydrogen) atoms.